The number of carbonyl (C=O) groups is 1. The molecule has 0 unspecified atom stereocenters. The highest BCUT2D eigenvalue weighted by atomic mass is 32.1. The zero-order valence-electron chi connectivity index (χ0n) is 18.7. The summed E-state index contributed by atoms with van der Waals surface area (Å²) in [7, 11) is 0. The van der Waals surface area contributed by atoms with Crippen LogP contribution >= 0.6 is 11.3 Å². The second kappa shape index (κ2) is 9.66. The quantitative estimate of drug-likeness (QED) is 0.438. The largest absolute Gasteiger partial charge is 0.486 e. The molecule has 0 saturated heterocycles. The third kappa shape index (κ3) is 4.66. The number of aromatic nitrogens is 2. The Hall–Kier alpha value is -3.69. The van der Waals surface area contributed by atoms with Crippen molar-refractivity contribution in [3.05, 3.63) is 76.0 Å². The van der Waals surface area contributed by atoms with Crippen LogP contribution in [0.4, 0.5) is 5.69 Å². The van der Waals surface area contributed by atoms with E-state index in [1.807, 2.05) is 47.5 Å². The maximum atomic E-state index is 12.9. The van der Waals surface area contributed by atoms with Crippen LogP contribution in [0, 0.1) is 0 Å². The molecule has 1 N–H and O–H groups in total. The van der Waals surface area contributed by atoms with E-state index in [2.05, 4.69) is 10.3 Å². The number of nitrogens with zero attached hydrogens (tertiary/aromatic N) is 3. The third-order valence-corrected chi connectivity index (χ3v) is 6.38. The molecule has 8 nitrogen and oxygen atoms in total. The van der Waals surface area contributed by atoms with Crippen LogP contribution in [0.25, 0.3) is 16.2 Å². The molecule has 0 bridgehead atoms. The van der Waals surface area contributed by atoms with Gasteiger partial charge in [-0.3, -0.25) is 18.9 Å². The van der Waals surface area contributed by atoms with Crippen LogP contribution in [0.15, 0.2) is 64.8 Å². The molecule has 0 atom stereocenters. The predicted molar refractivity (Wildman–Crippen MR) is 132 cm³/mol. The van der Waals surface area contributed by atoms with Crippen LogP contribution in [-0.4, -0.2) is 46.5 Å². The summed E-state index contributed by atoms with van der Waals surface area (Å²) in [5.41, 5.74) is 2.96. The van der Waals surface area contributed by atoms with Crippen molar-refractivity contribution in [1.82, 2.24) is 14.3 Å². The Morgan fingerprint density at radius 1 is 1.12 bits per heavy atom. The minimum Gasteiger partial charge on any atom is -0.486 e. The molecule has 0 spiro atoms. The monoisotopic (exact) mass is 476 g/mol. The molecule has 1 amide bonds. The fourth-order valence-electron chi connectivity index (χ4n) is 3.89. The lowest BCUT2D eigenvalue weighted by Crippen LogP contribution is -2.33. The smallest absolute Gasteiger partial charge is 0.259 e. The zero-order chi connectivity index (χ0) is 23.5. The standard InChI is InChI=1S/C25H24N4O4S/c1-2-28(15-23(30)26-18-8-9-21-22(12-18)33-11-10-32-21)14-19-13-24(31)29-20(16-34-25(29)27-19)17-6-4-3-5-7-17/h3-9,12-13,16H,2,10-11,14-15H2,1H3,(H,26,30). The molecule has 0 aliphatic carbocycles. The SMILES string of the molecule is CCN(CC(=O)Nc1ccc2c(c1)OCCO2)Cc1cc(=O)n2c(-c3ccccc3)csc2n1. The van der Waals surface area contributed by atoms with Gasteiger partial charge in [0.1, 0.15) is 13.2 Å². The van der Waals surface area contributed by atoms with Crippen LogP contribution in [0.2, 0.25) is 0 Å². The van der Waals surface area contributed by atoms with E-state index < -0.39 is 0 Å². The Kier molecular flexibility index (Phi) is 6.29. The van der Waals surface area contributed by atoms with Crippen molar-refractivity contribution in [2.24, 2.45) is 0 Å². The van der Waals surface area contributed by atoms with Crippen molar-refractivity contribution >= 4 is 27.9 Å². The summed E-state index contributed by atoms with van der Waals surface area (Å²) >= 11 is 1.43. The Balaban J connectivity index is 1.28. The second-order valence-corrected chi connectivity index (χ2v) is 8.74. The van der Waals surface area contributed by atoms with Gasteiger partial charge in [0.2, 0.25) is 5.91 Å². The van der Waals surface area contributed by atoms with Gasteiger partial charge in [0.05, 0.1) is 17.9 Å². The molecular formula is C25H24N4O4S. The van der Waals surface area contributed by atoms with Crippen molar-refractivity contribution in [3.63, 3.8) is 0 Å². The summed E-state index contributed by atoms with van der Waals surface area (Å²) in [6.45, 7) is 4.19. The van der Waals surface area contributed by atoms with Gasteiger partial charge in [0.25, 0.3) is 5.56 Å². The highest BCUT2D eigenvalue weighted by Crippen LogP contribution is 2.32. The first kappa shape index (κ1) is 22.1. The van der Waals surface area contributed by atoms with Crippen LogP contribution in [0.5, 0.6) is 11.5 Å². The summed E-state index contributed by atoms with van der Waals surface area (Å²) < 4.78 is 12.7. The number of likely N-dealkylation sites (N-methyl/N-ethyl adjacent to an activating group) is 1. The van der Waals surface area contributed by atoms with Gasteiger partial charge < -0.3 is 14.8 Å². The predicted octanol–water partition coefficient (Wildman–Crippen LogP) is 3.65. The lowest BCUT2D eigenvalue weighted by molar-refractivity contribution is -0.117. The Morgan fingerprint density at radius 3 is 2.71 bits per heavy atom. The summed E-state index contributed by atoms with van der Waals surface area (Å²) in [6, 6.07) is 16.7. The number of carbonyl (C=O) groups excluding carboxylic acids is 1. The number of thiazole rings is 1. The molecule has 3 heterocycles. The van der Waals surface area contributed by atoms with E-state index in [9.17, 15) is 9.59 Å². The third-order valence-electron chi connectivity index (χ3n) is 5.55. The topological polar surface area (TPSA) is 85.2 Å². The van der Waals surface area contributed by atoms with Crippen molar-refractivity contribution in [2.75, 3.05) is 31.6 Å². The number of amides is 1. The molecule has 2 aromatic carbocycles. The van der Waals surface area contributed by atoms with Crippen LogP contribution in [-0.2, 0) is 11.3 Å². The van der Waals surface area contributed by atoms with E-state index in [0.717, 1.165) is 11.3 Å². The summed E-state index contributed by atoms with van der Waals surface area (Å²) in [4.78, 5) is 32.9. The molecular weight excluding hydrogens is 452 g/mol. The number of nitrogens with one attached hydrogen (secondary N) is 1. The molecule has 0 saturated carbocycles. The van der Waals surface area contributed by atoms with Gasteiger partial charge >= 0.3 is 0 Å². The first-order valence-electron chi connectivity index (χ1n) is 11.1. The summed E-state index contributed by atoms with van der Waals surface area (Å²) in [5.74, 6) is 1.15. The first-order valence-corrected chi connectivity index (χ1v) is 12.0. The van der Waals surface area contributed by atoms with Crippen LogP contribution in [0.3, 0.4) is 0 Å². The molecule has 34 heavy (non-hydrogen) atoms. The van der Waals surface area contributed by atoms with Gasteiger partial charge in [-0.2, -0.15) is 0 Å². The molecule has 1 aliphatic heterocycles. The van der Waals surface area contributed by atoms with E-state index in [-0.39, 0.29) is 18.0 Å². The number of anilines is 1. The zero-order valence-corrected chi connectivity index (χ0v) is 19.5. The Bertz CT molecular complexity index is 1380. The minimum atomic E-state index is -0.154. The van der Waals surface area contributed by atoms with E-state index in [1.165, 1.54) is 11.3 Å². The molecule has 4 aromatic rings. The molecule has 2 aromatic heterocycles. The molecule has 174 valence electrons. The fraction of sp³-hybridized carbons (Fsp3) is 0.240. The van der Waals surface area contributed by atoms with Gasteiger partial charge in [0, 0.05) is 29.7 Å². The highest BCUT2D eigenvalue weighted by Gasteiger charge is 2.16. The second-order valence-electron chi connectivity index (χ2n) is 7.90. The lowest BCUT2D eigenvalue weighted by atomic mass is 10.2. The highest BCUT2D eigenvalue weighted by molar-refractivity contribution is 7.15. The van der Waals surface area contributed by atoms with E-state index in [4.69, 9.17) is 9.47 Å². The number of hydrogen-bond acceptors (Lipinski definition) is 7. The van der Waals surface area contributed by atoms with Crippen LogP contribution in [0.1, 0.15) is 12.6 Å². The van der Waals surface area contributed by atoms with Gasteiger partial charge in [-0.15, -0.1) is 11.3 Å². The fourth-order valence-corrected chi connectivity index (χ4v) is 4.81. The average Bonchev–Trinajstić information content (AvgIpc) is 3.28. The summed E-state index contributed by atoms with van der Waals surface area (Å²) in [5, 5.41) is 4.85. The van der Waals surface area contributed by atoms with Gasteiger partial charge in [-0.05, 0) is 24.2 Å². The maximum Gasteiger partial charge on any atom is 0.259 e. The lowest BCUT2D eigenvalue weighted by Gasteiger charge is -2.21. The minimum absolute atomic E-state index is 0.128. The number of ether oxygens (including phenoxy) is 2. The van der Waals surface area contributed by atoms with Crippen molar-refractivity contribution in [1.29, 1.82) is 0 Å². The van der Waals surface area contributed by atoms with E-state index in [0.29, 0.717) is 54.1 Å². The van der Waals surface area contributed by atoms with E-state index in [1.54, 1.807) is 28.7 Å². The van der Waals surface area contributed by atoms with Crippen molar-refractivity contribution in [3.8, 4) is 22.8 Å². The molecule has 5 rings (SSSR count). The molecule has 9 heteroatoms. The van der Waals surface area contributed by atoms with Crippen molar-refractivity contribution in [2.45, 2.75) is 13.5 Å². The number of fused-ring (bicyclic) bond motifs is 2. The number of hydrogen-bond donors (Lipinski definition) is 1. The first-order chi connectivity index (χ1) is 16.6. The molecule has 0 fully saturated rings. The Labute approximate surface area is 200 Å². The molecule has 1 aliphatic rings. The van der Waals surface area contributed by atoms with Crippen LogP contribution < -0.4 is 20.3 Å². The average molecular weight is 477 g/mol. The van der Waals surface area contributed by atoms with E-state index >= 15 is 0 Å². The van der Waals surface area contributed by atoms with Gasteiger partial charge in [0.15, 0.2) is 16.5 Å². The van der Waals surface area contributed by atoms with Crippen molar-refractivity contribution < 1.29 is 14.3 Å². The normalized spacial score (nSPS) is 12.8. The summed E-state index contributed by atoms with van der Waals surface area (Å²) in [6.07, 6.45) is 0. The van der Waals surface area contributed by atoms with Gasteiger partial charge in [-0.25, -0.2) is 4.98 Å². The number of rotatable bonds is 7. The number of benzene rings is 2. The molecule has 0 radical (unpaired) electrons. The van der Waals surface area contributed by atoms with Gasteiger partial charge in [-0.1, -0.05) is 37.3 Å². The Morgan fingerprint density at radius 2 is 1.91 bits per heavy atom. The maximum absolute atomic E-state index is 12.9.